The van der Waals surface area contributed by atoms with Crippen molar-refractivity contribution in [2.75, 3.05) is 6.26 Å². The Morgan fingerprint density at radius 3 is 2.42 bits per heavy atom. The van der Waals surface area contributed by atoms with E-state index in [1.807, 2.05) is 6.26 Å². The number of nitrogens with zero attached hydrogens (tertiary/aromatic N) is 1. The molecule has 0 bridgehead atoms. The van der Waals surface area contributed by atoms with Crippen LogP contribution in [0.4, 0.5) is 0 Å². The van der Waals surface area contributed by atoms with Gasteiger partial charge in [0.2, 0.25) is 0 Å². The molecule has 0 atom stereocenters. The van der Waals surface area contributed by atoms with Gasteiger partial charge < -0.3 is 8.74 Å². The first-order chi connectivity index (χ1) is 8.48. The number of rotatable bonds is 4. The summed E-state index contributed by atoms with van der Waals surface area (Å²) in [5, 5.41) is 0.830. The summed E-state index contributed by atoms with van der Waals surface area (Å²) in [4.78, 5) is 4.24. The molecule has 0 aliphatic heterocycles. The summed E-state index contributed by atoms with van der Waals surface area (Å²) in [7, 11) is -4.72. The Morgan fingerprint density at radius 1 is 1.32 bits per heavy atom. The quantitative estimate of drug-likeness (QED) is 0.322. The van der Waals surface area contributed by atoms with Crippen LogP contribution in [0.1, 0.15) is 0 Å². The maximum atomic E-state index is 10.4. The Labute approximate surface area is 141 Å². The molecule has 5 nitrogen and oxygen atoms in total. The summed E-state index contributed by atoms with van der Waals surface area (Å²) in [6.45, 7) is 0. The fraction of sp³-hybridized carbons (Fsp3) is 0.100. The molecule has 0 N–H and O–H groups in total. The zero-order valence-corrected chi connectivity index (χ0v) is 14.6. The van der Waals surface area contributed by atoms with Crippen LogP contribution < -0.4 is 33.7 Å². The molecule has 0 amide bonds. The van der Waals surface area contributed by atoms with E-state index in [0.29, 0.717) is 0 Å². The monoisotopic (exact) mass is 325 g/mol. The van der Waals surface area contributed by atoms with Crippen molar-refractivity contribution in [1.82, 2.24) is 4.98 Å². The van der Waals surface area contributed by atoms with Crippen LogP contribution in [-0.2, 0) is 10.4 Å². The fourth-order valence-electron chi connectivity index (χ4n) is 1.26. The number of thioether (sulfide) groups is 1. The molecule has 96 valence electrons. The average Bonchev–Trinajstić information content (AvgIpc) is 2.76. The second-order valence-corrected chi connectivity index (χ2v) is 6.32. The Balaban J connectivity index is 0.00000180. The van der Waals surface area contributed by atoms with Crippen molar-refractivity contribution in [3.05, 3.63) is 30.5 Å². The minimum atomic E-state index is -4.72. The smallest absolute Gasteiger partial charge is 0.716 e. The van der Waals surface area contributed by atoms with E-state index in [1.54, 1.807) is 30.1 Å². The van der Waals surface area contributed by atoms with Crippen molar-refractivity contribution in [3.63, 3.8) is 0 Å². The third-order valence-electron chi connectivity index (χ3n) is 1.99. The van der Waals surface area contributed by atoms with Crippen LogP contribution >= 0.6 is 23.1 Å². The molecule has 0 spiro atoms. The maximum Gasteiger partial charge on any atom is 1.00 e. The summed E-state index contributed by atoms with van der Waals surface area (Å²) in [6, 6.07) is 6.16. The molecule has 19 heavy (non-hydrogen) atoms. The van der Waals surface area contributed by atoms with Gasteiger partial charge in [0.05, 0.1) is 10.4 Å². The van der Waals surface area contributed by atoms with E-state index < -0.39 is 10.4 Å². The van der Waals surface area contributed by atoms with Crippen LogP contribution in [0.2, 0.25) is 0 Å². The van der Waals surface area contributed by atoms with E-state index in [-0.39, 0.29) is 35.3 Å². The molecule has 1 aromatic heterocycles. The third kappa shape index (κ3) is 5.07. The van der Waals surface area contributed by atoms with Crippen molar-refractivity contribution in [1.29, 1.82) is 0 Å². The largest absolute Gasteiger partial charge is 1.00 e. The molecule has 0 fully saturated rings. The van der Waals surface area contributed by atoms with Gasteiger partial charge >= 0.3 is 29.6 Å². The molecule has 1 heterocycles. The van der Waals surface area contributed by atoms with Gasteiger partial charge in [0.25, 0.3) is 10.4 Å². The van der Waals surface area contributed by atoms with Gasteiger partial charge in [0, 0.05) is 5.56 Å². The predicted molar refractivity (Wildman–Crippen MR) is 69.7 cm³/mol. The molecule has 0 aliphatic rings. The van der Waals surface area contributed by atoms with Gasteiger partial charge in [-0.1, -0.05) is 0 Å². The van der Waals surface area contributed by atoms with Crippen molar-refractivity contribution >= 4 is 33.5 Å². The Hall–Kier alpha value is -0.0900. The molecule has 1 aromatic carbocycles. The van der Waals surface area contributed by atoms with Crippen LogP contribution in [0.15, 0.2) is 34.7 Å². The molecular formula is C10H8NNaO4S3. The van der Waals surface area contributed by atoms with Gasteiger partial charge in [-0.25, -0.2) is 13.4 Å². The molecule has 2 rings (SSSR count). The first kappa shape index (κ1) is 17.0. The molecule has 0 saturated carbocycles. The van der Waals surface area contributed by atoms with Gasteiger partial charge in [-0.05, 0) is 30.5 Å². The standard InChI is InChI=1S/C10H9NO4S3.Na/c1-16-9-6-11-10(17-9)7-2-4-8(5-3-7)15-18(12,13)14;/h2-6H,1H3,(H,12,13,14);/q;+1/p-1. The topological polar surface area (TPSA) is 79.3 Å². The van der Waals surface area contributed by atoms with Gasteiger partial charge in [0.1, 0.15) is 10.8 Å². The minimum absolute atomic E-state index is 0. The van der Waals surface area contributed by atoms with Gasteiger partial charge in [0.15, 0.2) is 0 Å². The first-order valence-corrected chi connectivity index (χ1v) is 8.11. The van der Waals surface area contributed by atoms with Gasteiger partial charge in [-0.3, -0.25) is 0 Å². The maximum absolute atomic E-state index is 10.4. The molecular weight excluding hydrogens is 317 g/mol. The van der Waals surface area contributed by atoms with E-state index >= 15 is 0 Å². The SMILES string of the molecule is CSc1cnc(-c2ccc(OS(=O)(=O)[O-])cc2)s1.[Na+]. The summed E-state index contributed by atoms with van der Waals surface area (Å²) in [5.74, 6) is -0.00426. The van der Waals surface area contributed by atoms with Crippen LogP contribution in [-0.4, -0.2) is 24.2 Å². The van der Waals surface area contributed by atoms with Crippen LogP contribution in [0.25, 0.3) is 10.6 Å². The van der Waals surface area contributed by atoms with Gasteiger partial charge in [-0.15, -0.1) is 23.1 Å². The minimum Gasteiger partial charge on any atom is -0.716 e. The van der Waals surface area contributed by atoms with Crippen LogP contribution in [0.3, 0.4) is 0 Å². The molecule has 0 saturated heterocycles. The van der Waals surface area contributed by atoms with E-state index in [4.69, 9.17) is 0 Å². The summed E-state index contributed by atoms with van der Waals surface area (Å²) in [5.41, 5.74) is 0.843. The number of benzene rings is 1. The van der Waals surface area contributed by atoms with Crippen molar-refractivity contribution in [2.45, 2.75) is 4.21 Å². The van der Waals surface area contributed by atoms with Crippen LogP contribution in [0, 0.1) is 0 Å². The molecule has 0 aliphatic carbocycles. The Morgan fingerprint density at radius 2 is 1.95 bits per heavy atom. The zero-order valence-electron chi connectivity index (χ0n) is 10.2. The molecule has 2 aromatic rings. The van der Waals surface area contributed by atoms with E-state index in [1.165, 1.54) is 23.5 Å². The normalized spacial score (nSPS) is 10.8. The fourth-order valence-corrected chi connectivity index (χ4v) is 2.99. The van der Waals surface area contributed by atoms with Crippen molar-refractivity contribution < 1.29 is 46.7 Å². The van der Waals surface area contributed by atoms with Crippen LogP contribution in [0.5, 0.6) is 5.75 Å². The zero-order chi connectivity index (χ0) is 13.2. The number of hydrogen-bond donors (Lipinski definition) is 0. The van der Waals surface area contributed by atoms with E-state index in [9.17, 15) is 13.0 Å². The average molecular weight is 325 g/mol. The number of hydrogen-bond acceptors (Lipinski definition) is 7. The molecule has 0 radical (unpaired) electrons. The molecule has 9 heteroatoms. The van der Waals surface area contributed by atoms with E-state index in [2.05, 4.69) is 9.17 Å². The van der Waals surface area contributed by atoms with Crippen molar-refractivity contribution in [2.24, 2.45) is 0 Å². The summed E-state index contributed by atoms with van der Waals surface area (Å²) < 4.78 is 36.5. The molecule has 0 unspecified atom stereocenters. The third-order valence-corrected chi connectivity index (χ3v) is 4.48. The van der Waals surface area contributed by atoms with Gasteiger partial charge in [-0.2, -0.15) is 0 Å². The number of thiazole rings is 1. The first-order valence-electron chi connectivity index (χ1n) is 4.73. The summed E-state index contributed by atoms with van der Waals surface area (Å²) >= 11 is 3.14. The second-order valence-electron chi connectivity index (χ2n) is 3.20. The van der Waals surface area contributed by atoms with E-state index in [0.717, 1.165) is 14.8 Å². The van der Waals surface area contributed by atoms with Crippen molar-refractivity contribution in [3.8, 4) is 16.3 Å². The second kappa shape index (κ2) is 7.07. The number of aromatic nitrogens is 1. The Bertz CT molecular complexity index is 639. The Kier molecular flexibility index (Phi) is 6.31. The predicted octanol–water partition coefficient (Wildman–Crippen LogP) is -0.625. The summed E-state index contributed by atoms with van der Waals surface area (Å²) in [6.07, 6.45) is 3.74.